The van der Waals surface area contributed by atoms with Gasteiger partial charge in [-0.2, -0.15) is 14.6 Å². The van der Waals surface area contributed by atoms with E-state index >= 15 is 0 Å². The number of nitrogens with one attached hydrogen (secondary N) is 1. The molecule has 3 aromatic rings. The number of aromatic nitrogens is 4. The summed E-state index contributed by atoms with van der Waals surface area (Å²) in [6, 6.07) is 12.0. The van der Waals surface area contributed by atoms with Crippen molar-refractivity contribution in [3.63, 3.8) is 0 Å². The maximum Gasteiger partial charge on any atom is 0.254 e. The van der Waals surface area contributed by atoms with Gasteiger partial charge in [0.05, 0.1) is 12.6 Å². The van der Waals surface area contributed by atoms with Crippen LogP contribution < -0.4 is 5.32 Å². The SMILES string of the molecule is CCCc1cc(N[C@H](CO)Cc2ccccc2)n2ncnc2n1. The Bertz CT molecular complexity index is 756. The number of aliphatic hydroxyl groups is 1. The van der Waals surface area contributed by atoms with Gasteiger partial charge in [0.25, 0.3) is 5.78 Å². The van der Waals surface area contributed by atoms with E-state index in [0.29, 0.717) is 5.78 Å². The lowest BCUT2D eigenvalue weighted by Crippen LogP contribution is -2.27. The predicted octanol–water partition coefficient (Wildman–Crippen LogP) is 2.09. The van der Waals surface area contributed by atoms with Gasteiger partial charge in [-0.05, 0) is 18.4 Å². The van der Waals surface area contributed by atoms with Crippen LogP contribution in [0.2, 0.25) is 0 Å². The molecule has 0 unspecified atom stereocenters. The molecule has 6 heteroatoms. The highest BCUT2D eigenvalue weighted by Crippen LogP contribution is 2.15. The fourth-order valence-corrected chi connectivity index (χ4v) is 2.62. The third-order valence-electron chi connectivity index (χ3n) is 3.71. The number of hydrogen-bond donors (Lipinski definition) is 2. The van der Waals surface area contributed by atoms with Crippen LogP contribution in [0.1, 0.15) is 24.6 Å². The summed E-state index contributed by atoms with van der Waals surface area (Å²) in [4.78, 5) is 8.67. The molecule has 0 radical (unpaired) electrons. The second-order valence-corrected chi connectivity index (χ2v) is 5.57. The summed E-state index contributed by atoms with van der Waals surface area (Å²) in [5.74, 6) is 1.39. The van der Waals surface area contributed by atoms with Crippen LogP contribution in [0.5, 0.6) is 0 Å². The van der Waals surface area contributed by atoms with E-state index in [1.807, 2.05) is 24.3 Å². The molecular formula is C17H21N5O. The Balaban J connectivity index is 1.84. The van der Waals surface area contributed by atoms with Crippen molar-refractivity contribution in [2.75, 3.05) is 11.9 Å². The number of benzene rings is 1. The van der Waals surface area contributed by atoms with E-state index in [9.17, 15) is 5.11 Å². The first kappa shape index (κ1) is 15.4. The van der Waals surface area contributed by atoms with Crippen molar-refractivity contribution in [3.05, 3.63) is 54.0 Å². The third kappa shape index (κ3) is 3.65. The fourth-order valence-electron chi connectivity index (χ4n) is 2.62. The molecule has 1 atom stereocenters. The van der Waals surface area contributed by atoms with Gasteiger partial charge in [-0.15, -0.1) is 0 Å². The second-order valence-electron chi connectivity index (χ2n) is 5.57. The molecule has 6 nitrogen and oxygen atoms in total. The average molecular weight is 311 g/mol. The Hall–Kier alpha value is -2.47. The normalized spacial score (nSPS) is 12.4. The standard InChI is InChI=1S/C17H21N5O/c1-2-6-14-10-16(22-17(21-14)18-12-19-22)20-15(11-23)9-13-7-4-3-5-8-13/h3-5,7-8,10,12,15,20,23H,2,6,9,11H2,1H3/t15-/m0/s1. The van der Waals surface area contributed by atoms with Gasteiger partial charge in [0.2, 0.25) is 0 Å². The molecule has 1 aromatic carbocycles. The van der Waals surface area contributed by atoms with E-state index in [1.165, 1.54) is 11.9 Å². The van der Waals surface area contributed by atoms with Gasteiger partial charge < -0.3 is 10.4 Å². The van der Waals surface area contributed by atoms with Crippen molar-refractivity contribution in [2.45, 2.75) is 32.2 Å². The number of hydrogen-bond acceptors (Lipinski definition) is 5. The van der Waals surface area contributed by atoms with E-state index in [2.05, 4.69) is 39.4 Å². The zero-order valence-electron chi connectivity index (χ0n) is 13.2. The minimum atomic E-state index is -0.0957. The first-order chi connectivity index (χ1) is 11.3. The van der Waals surface area contributed by atoms with Crippen LogP contribution in [0.3, 0.4) is 0 Å². The molecular weight excluding hydrogens is 290 g/mol. The second kappa shape index (κ2) is 7.19. The van der Waals surface area contributed by atoms with E-state index in [4.69, 9.17) is 0 Å². The topological polar surface area (TPSA) is 75.3 Å². The average Bonchev–Trinajstić information content (AvgIpc) is 3.04. The Morgan fingerprint density at radius 2 is 2.09 bits per heavy atom. The van der Waals surface area contributed by atoms with Crippen LogP contribution in [0.4, 0.5) is 5.82 Å². The number of anilines is 1. The van der Waals surface area contributed by atoms with Crippen molar-refractivity contribution < 1.29 is 5.11 Å². The predicted molar refractivity (Wildman–Crippen MR) is 89.4 cm³/mol. The molecule has 2 heterocycles. The molecule has 0 bridgehead atoms. The molecule has 0 saturated carbocycles. The number of rotatable bonds is 7. The fraction of sp³-hybridized carbons (Fsp3) is 0.353. The summed E-state index contributed by atoms with van der Waals surface area (Å²) in [6.45, 7) is 2.16. The summed E-state index contributed by atoms with van der Waals surface area (Å²) in [5, 5.41) is 17.3. The molecule has 2 N–H and O–H groups in total. The first-order valence-corrected chi connectivity index (χ1v) is 7.91. The van der Waals surface area contributed by atoms with Gasteiger partial charge in [-0.1, -0.05) is 43.7 Å². The summed E-state index contributed by atoms with van der Waals surface area (Å²) < 4.78 is 1.67. The third-order valence-corrected chi connectivity index (χ3v) is 3.71. The number of fused-ring (bicyclic) bond motifs is 1. The minimum Gasteiger partial charge on any atom is -0.394 e. The van der Waals surface area contributed by atoms with Crippen molar-refractivity contribution in [2.24, 2.45) is 0 Å². The van der Waals surface area contributed by atoms with Crippen LogP contribution in [0.15, 0.2) is 42.7 Å². The van der Waals surface area contributed by atoms with Crippen molar-refractivity contribution in [3.8, 4) is 0 Å². The summed E-state index contributed by atoms with van der Waals surface area (Å²) in [5.41, 5.74) is 2.16. The van der Waals surface area contributed by atoms with Crippen LogP contribution in [-0.4, -0.2) is 37.3 Å². The zero-order chi connectivity index (χ0) is 16.1. The van der Waals surface area contributed by atoms with Crippen molar-refractivity contribution in [1.82, 2.24) is 19.6 Å². The highest BCUT2D eigenvalue weighted by molar-refractivity contribution is 5.46. The molecule has 0 saturated heterocycles. The maximum absolute atomic E-state index is 9.72. The van der Waals surface area contributed by atoms with Gasteiger partial charge in [-0.3, -0.25) is 0 Å². The van der Waals surface area contributed by atoms with Crippen LogP contribution in [-0.2, 0) is 12.8 Å². The summed E-state index contributed by atoms with van der Waals surface area (Å²) in [7, 11) is 0. The van der Waals surface area contributed by atoms with E-state index in [-0.39, 0.29) is 12.6 Å². The highest BCUT2D eigenvalue weighted by atomic mass is 16.3. The van der Waals surface area contributed by atoms with Gasteiger partial charge in [0.15, 0.2) is 0 Å². The Kier molecular flexibility index (Phi) is 4.83. The van der Waals surface area contributed by atoms with Crippen LogP contribution >= 0.6 is 0 Å². The monoisotopic (exact) mass is 311 g/mol. The van der Waals surface area contributed by atoms with Gasteiger partial charge in [0.1, 0.15) is 12.1 Å². The molecule has 0 amide bonds. The largest absolute Gasteiger partial charge is 0.394 e. The molecule has 0 aliphatic rings. The molecule has 120 valence electrons. The van der Waals surface area contributed by atoms with Gasteiger partial charge >= 0.3 is 0 Å². The molecule has 0 spiro atoms. The minimum absolute atomic E-state index is 0.0382. The van der Waals surface area contributed by atoms with Crippen molar-refractivity contribution >= 4 is 11.6 Å². The van der Waals surface area contributed by atoms with E-state index < -0.39 is 0 Å². The lowest BCUT2D eigenvalue weighted by atomic mass is 10.1. The Morgan fingerprint density at radius 3 is 2.83 bits per heavy atom. The van der Waals surface area contributed by atoms with Gasteiger partial charge in [-0.25, -0.2) is 4.98 Å². The molecule has 2 aromatic heterocycles. The van der Waals surface area contributed by atoms with Crippen molar-refractivity contribution in [1.29, 1.82) is 0 Å². The Morgan fingerprint density at radius 1 is 1.26 bits per heavy atom. The number of aryl methyl sites for hydroxylation is 1. The lowest BCUT2D eigenvalue weighted by Gasteiger charge is -2.18. The van der Waals surface area contributed by atoms with Crippen LogP contribution in [0, 0.1) is 0 Å². The zero-order valence-corrected chi connectivity index (χ0v) is 13.2. The maximum atomic E-state index is 9.72. The molecule has 0 aliphatic carbocycles. The van der Waals surface area contributed by atoms with E-state index in [1.54, 1.807) is 4.52 Å². The first-order valence-electron chi connectivity index (χ1n) is 7.91. The molecule has 0 fully saturated rings. The highest BCUT2D eigenvalue weighted by Gasteiger charge is 2.13. The molecule has 23 heavy (non-hydrogen) atoms. The molecule has 0 aliphatic heterocycles. The smallest absolute Gasteiger partial charge is 0.254 e. The van der Waals surface area contributed by atoms with E-state index in [0.717, 1.165) is 30.8 Å². The lowest BCUT2D eigenvalue weighted by molar-refractivity contribution is 0.273. The van der Waals surface area contributed by atoms with Crippen LogP contribution in [0.25, 0.3) is 5.78 Å². The quantitative estimate of drug-likeness (QED) is 0.699. The summed E-state index contributed by atoms with van der Waals surface area (Å²) >= 11 is 0. The number of aliphatic hydroxyl groups excluding tert-OH is 1. The number of nitrogens with zero attached hydrogens (tertiary/aromatic N) is 4. The summed E-state index contributed by atoms with van der Waals surface area (Å²) in [6.07, 6.45) is 4.14. The molecule has 3 rings (SSSR count). The Labute approximate surface area is 135 Å². The van der Waals surface area contributed by atoms with Gasteiger partial charge in [0, 0.05) is 11.8 Å².